The molecule has 1 aliphatic rings. The van der Waals surface area contributed by atoms with E-state index in [2.05, 4.69) is 0 Å². The summed E-state index contributed by atoms with van der Waals surface area (Å²) >= 11 is 17.7. The summed E-state index contributed by atoms with van der Waals surface area (Å²) in [5.74, 6) is 0.362. The van der Waals surface area contributed by atoms with Crippen LogP contribution in [0.15, 0.2) is 65.2 Å². The molecule has 0 N–H and O–H groups in total. The van der Waals surface area contributed by atoms with E-state index < -0.39 is 10.8 Å². The van der Waals surface area contributed by atoms with Gasteiger partial charge in [-0.05, 0) is 42.8 Å². The second kappa shape index (κ2) is 7.91. The zero-order chi connectivity index (χ0) is 18.7. The summed E-state index contributed by atoms with van der Waals surface area (Å²) in [5.41, 5.74) is 0.825. The Morgan fingerprint density at radius 1 is 1.12 bits per heavy atom. The molecule has 0 saturated heterocycles. The van der Waals surface area contributed by atoms with Gasteiger partial charge in [0.15, 0.2) is 0 Å². The van der Waals surface area contributed by atoms with Gasteiger partial charge in [0.05, 0.1) is 10.8 Å². The number of rotatable bonds is 6. The maximum atomic E-state index is 12.3. The molecular formula is C20H17Cl3O3. The normalized spacial score (nSPS) is 23.8. The summed E-state index contributed by atoms with van der Waals surface area (Å²) in [7, 11) is 0. The van der Waals surface area contributed by atoms with Crippen LogP contribution in [0.2, 0.25) is 0 Å². The van der Waals surface area contributed by atoms with Crippen molar-refractivity contribution < 1.29 is 14.3 Å². The summed E-state index contributed by atoms with van der Waals surface area (Å²) in [4.78, 5) is 11.6. The van der Waals surface area contributed by atoms with Crippen LogP contribution in [0, 0.1) is 11.8 Å². The molecule has 0 aromatic heterocycles. The largest absolute Gasteiger partial charge is 0.461 e. The molecule has 2 aromatic rings. The molecule has 3 unspecified atom stereocenters. The zero-order valence-corrected chi connectivity index (χ0v) is 16.3. The van der Waals surface area contributed by atoms with Gasteiger partial charge in [0.2, 0.25) is 0 Å². The first-order valence-electron chi connectivity index (χ1n) is 8.08. The maximum Gasteiger partial charge on any atom is 0.311 e. The van der Waals surface area contributed by atoms with Gasteiger partial charge in [0, 0.05) is 5.92 Å². The van der Waals surface area contributed by atoms with Gasteiger partial charge in [-0.3, -0.25) is 4.79 Å². The smallest absolute Gasteiger partial charge is 0.311 e. The van der Waals surface area contributed by atoms with Crippen LogP contribution in [0.4, 0.5) is 0 Å². The number of benzene rings is 2. The molecule has 0 spiro atoms. The molecule has 0 aliphatic heterocycles. The first kappa shape index (κ1) is 19.1. The van der Waals surface area contributed by atoms with E-state index in [4.69, 9.17) is 44.3 Å². The second-order valence-electron chi connectivity index (χ2n) is 6.28. The number of halogens is 3. The standard InChI is InChI=1S/C20H17Cl3O3/c1-20(23)16(11-17(21)22)18(20)19(24)25-12-13-6-5-9-15(10-13)26-14-7-3-2-4-8-14/h2-11,16,18H,12H2,1H3. The van der Waals surface area contributed by atoms with Crippen molar-refractivity contribution in [2.24, 2.45) is 11.8 Å². The Kier molecular flexibility index (Phi) is 5.81. The Bertz CT molecular complexity index is 814. The lowest BCUT2D eigenvalue weighted by atomic mass is 10.2. The molecule has 26 heavy (non-hydrogen) atoms. The van der Waals surface area contributed by atoms with Gasteiger partial charge in [-0.2, -0.15) is 0 Å². The Labute approximate surface area is 167 Å². The van der Waals surface area contributed by atoms with E-state index in [1.54, 1.807) is 13.0 Å². The molecule has 3 nitrogen and oxygen atoms in total. The van der Waals surface area contributed by atoms with E-state index in [-0.39, 0.29) is 23.0 Å². The number of ether oxygens (including phenoxy) is 2. The van der Waals surface area contributed by atoms with Crippen molar-refractivity contribution >= 4 is 40.8 Å². The van der Waals surface area contributed by atoms with Crippen molar-refractivity contribution in [2.45, 2.75) is 18.4 Å². The summed E-state index contributed by atoms with van der Waals surface area (Å²) in [6, 6.07) is 16.9. The van der Waals surface area contributed by atoms with Gasteiger partial charge >= 0.3 is 5.97 Å². The fourth-order valence-electron chi connectivity index (χ4n) is 2.85. The van der Waals surface area contributed by atoms with Gasteiger partial charge in [-0.15, -0.1) is 11.6 Å². The molecule has 2 aromatic carbocycles. The van der Waals surface area contributed by atoms with Crippen LogP contribution in [0.3, 0.4) is 0 Å². The van der Waals surface area contributed by atoms with Crippen molar-refractivity contribution in [3.63, 3.8) is 0 Å². The number of para-hydroxylation sites is 1. The van der Waals surface area contributed by atoms with Gasteiger partial charge in [-0.25, -0.2) is 0 Å². The zero-order valence-electron chi connectivity index (χ0n) is 14.0. The average Bonchev–Trinajstić information content (AvgIpc) is 3.13. The number of carbonyl (C=O) groups is 1. The van der Waals surface area contributed by atoms with Crippen molar-refractivity contribution in [1.29, 1.82) is 0 Å². The predicted octanol–water partition coefficient (Wildman–Crippen LogP) is 6.08. The SMILES string of the molecule is CC1(Cl)C(C=C(Cl)Cl)C1C(=O)OCc1cccc(Oc2ccccc2)c1. The summed E-state index contributed by atoms with van der Waals surface area (Å²) in [5, 5.41) is 0. The molecule has 1 aliphatic carbocycles. The Morgan fingerprint density at radius 3 is 2.50 bits per heavy atom. The molecule has 136 valence electrons. The van der Waals surface area contributed by atoms with E-state index in [9.17, 15) is 4.79 Å². The lowest BCUT2D eigenvalue weighted by Crippen LogP contribution is -2.11. The second-order valence-corrected chi connectivity index (χ2v) is 8.10. The lowest BCUT2D eigenvalue weighted by molar-refractivity contribution is -0.147. The molecule has 0 radical (unpaired) electrons. The van der Waals surface area contributed by atoms with E-state index in [1.807, 2.05) is 54.6 Å². The van der Waals surface area contributed by atoms with Crippen LogP contribution in [-0.4, -0.2) is 10.8 Å². The predicted molar refractivity (Wildman–Crippen MR) is 104 cm³/mol. The first-order valence-corrected chi connectivity index (χ1v) is 9.21. The fraction of sp³-hybridized carbons (Fsp3) is 0.250. The summed E-state index contributed by atoms with van der Waals surface area (Å²) in [6.07, 6.45) is 1.58. The monoisotopic (exact) mass is 410 g/mol. The third kappa shape index (κ3) is 4.53. The molecule has 1 saturated carbocycles. The maximum absolute atomic E-state index is 12.3. The highest BCUT2D eigenvalue weighted by molar-refractivity contribution is 6.56. The minimum Gasteiger partial charge on any atom is -0.461 e. The molecule has 0 heterocycles. The number of hydrogen-bond donors (Lipinski definition) is 0. The van der Waals surface area contributed by atoms with Crippen molar-refractivity contribution in [2.75, 3.05) is 0 Å². The molecule has 3 atom stereocenters. The molecule has 3 rings (SSSR count). The minimum atomic E-state index is -0.718. The van der Waals surface area contributed by atoms with Crippen LogP contribution >= 0.6 is 34.8 Å². The van der Waals surface area contributed by atoms with Crippen LogP contribution < -0.4 is 4.74 Å². The van der Waals surface area contributed by atoms with Gasteiger partial charge in [-0.1, -0.05) is 53.5 Å². The number of hydrogen-bond acceptors (Lipinski definition) is 3. The van der Waals surface area contributed by atoms with Crippen molar-refractivity contribution in [3.05, 3.63) is 70.7 Å². The van der Waals surface area contributed by atoms with Crippen molar-refractivity contribution in [3.8, 4) is 11.5 Å². The third-order valence-electron chi connectivity index (χ3n) is 4.33. The highest BCUT2D eigenvalue weighted by Crippen LogP contribution is 2.57. The van der Waals surface area contributed by atoms with Crippen LogP contribution in [0.25, 0.3) is 0 Å². The first-order chi connectivity index (χ1) is 12.4. The highest BCUT2D eigenvalue weighted by atomic mass is 35.5. The molecule has 0 bridgehead atoms. The van der Waals surface area contributed by atoms with Crippen LogP contribution in [-0.2, 0) is 16.1 Å². The van der Waals surface area contributed by atoms with Crippen LogP contribution in [0.5, 0.6) is 11.5 Å². The quantitative estimate of drug-likeness (QED) is 0.426. The van der Waals surface area contributed by atoms with Gasteiger partial charge in [0.25, 0.3) is 0 Å². The topological polar surface area (TPSA) is 35.5 Å². The molecule has 0 amide bonds. The van der Waals surface area contributed by atoms with E-state index in [1.165, 1.54) is 0 Å². The number of alkyl halides is 1. The number of esters is 1. The molecule has 1 fully saturated rings. The fourth-order valence-corrected chi connectivity index (χ4v) is 3.48. The minimum absolute atomic E-state index is 0.0999. The van der Waals surface area contributed by atoms with E-state index in [0.29, 0.717) is 5.75 Å². The highest BCUT2D eigenvalue weighted by Gasteiger charge is 2.64. The lowest BCUT2D eigenvalue weighted by Gasteiger charge is -2.09. The summed E-state index contributed by atoms with van der Waals surface area (Å²) in [6.45, 7) is 1.91. The Balaban J connectivity index is 1.59. The van der Waals surface area contributed by atoms with Crippen molar-refractivity contribution in [1.82, 2.24) is 0 Å². The van der Waals surface area contributed by atoms with E-state index in [0.717, 1.165) is 11.3 Å². The number of carbonyl (C=O) groups excluding carboxylic acids is 1. The Hall–Kier alpha value is -1.68. The third-order valence-corrected chi connectivity index (χ3v) is 5.07. The van der Waals surface area contributed by atoms with Crippen LogP contribution in [0.1, 0.15) is 12.5 Å². The van der Waals surface area contributed by atoms with Gasteiger partial charge in [0.1, 0.15) is 22.6 Å². The Morgan fingerprint density at radius 2 is 1.81 bits per heavy atom. The number of allylic oxidation sites excluding steroid dienone is 1. The van der Waals surface area contributed by atoms with Gasteiger partial charge < -0.3 is 9.47 Å². The molecule has 6 heteroatoms. The molecular weight excluding hydrogens is 395 g/mol. The summed E-state index contributed by atoms with van der Waals surface area (Å²) < 4.78 is 11.3. The van der Waals surface area contributed by atoms with E-state index >= 15 is 0 Å². The average molecular weight is 412 g/mol.